The molecule has 3 aromatic rings. The van der Waals surface area contributed by atoms with E-state index in [-0.39, 0.29) is 0 Å². The van der Waals surface area contributed by atoms with E-state index in [2.05, 4.69) is 15.2 Å². The van der Waals surface area contributed by atoms with Crippen LogP contribution in [0.2, 0.25) is 5.02 Å². The summed E-state index contributed by atoms with van der Waals surface area (Å²) in [4.78, 5) is 4.33. The summed E-state index contributed by atoms with van der Waals surface area (Å²) in [6.07, 6.45) is 1.71. The smallest absolute Gasteiger partial charge is 0.155 e. The molecule has 5 nitrogen and oxygen atoms in total. The van der Waals surface area contributed by atoms with Gasteiger partial charge in [0.15, 0.2) is 5.82 Å². The van der Waals surface area contributed by atoms with E-state index in [1.54, 1.807) is 25.4 Å². The molecule has 0 saturated carbocycles. The van der Waals surface area contributed by atoms with Crippen molar-refractivity contribution in [2.75, 3.05) is 12.8 Å². The number of hydrogen-bond acceptors (Lipinski definition) is 4. The Balaban J connectivity index is 2.21. The molecule has 2 heterocycles. The summed E-state index contributed by atoms with van der Waals surface area (Å²) in [5, 5.41) is 7.64. The molecule has 0 fully saturated rings. The Morgan fingerprint density at radius 2 is 2.10 bits per heavy atom. The zero-order valence-electron chi connectivity index (χ0n) is 11.3. The predicted molar refractivity (Wildman–Crippen MR) is 83.2 cm³/mol. The van der Waals surface area contributed by atoms with Gasteiger partial charge >= 0.3 is 0 Å². The maximum Gasteiger partial charge on any atom is 0.155 e. The van der Waals surface area contributed by atoms with Crippen LogP contribution in [0.15, 0.2) is 42.6 Å². The van der Waals surface area contributed by atoms with Gasteiger partial charge in [0.1, 0.15) is 5.75 Å². The van der Waals surface area contributed by atoms with E-state index in [1.807, 2.05) is 24.3 Å². The second-order valence-electron chi connectivity index (χ2n) is 4.42. The van der Waals surface area contributed by atoms with E-state index in [0.29, 0.717) is 16.6 Å². The van der Waals surface area contributed by atoms with Crippen LogP contribution in [0.4, 0.5) is 5.82 Å². The lowest BCUT2D eigenvalue weighted by Crippen LogP contribution is -1.92. The predicted octanol–water partition coefficient (Wildman–Crippen LogP) is 3.38. The second kappa shape index (κ2) is 5.46. The Hall–Kier alpha value is -2.53. The van der Waals surface area contributed by atoms with Crippen molar-refractivity contribution in [1.29, 1.82) is 0 Å². The standard InChI is InChI=1S/C15H13ClN4O/c1-21-12-8-9(16)5-6-10(12)14-13(15(17)20-19-14)11-4-2-3-7-18-11/h2-8H,1H3,(H3,17,19,20). The lowest BCUT2D eigenvalue weighted by molar-refractivity contribution is 0.416. The zero-order valence-corrected chi connectivity index (χ0v) is 12.1. The molecular formula is C15H13ClN4O. The number of methoxy groups -OCH3 is 1. The molecule has 0 atom stereocenters. The van der Waals surface area contributed by atoms with E-state index in [9.17, 15) is 0 Å². The minimum Gasteiger partial charge on any atom is -0.496 e. The lowest BCUT2D eigenvalue weighted by atomic mass is 10.0. The third-order valence-corrected chi connectivity index (χ3v) is 3.38. The van der Waals surface area contributed by atoms with Crippen molar-refractivity contribution in [3.63, 3.8) is 0 Å². The van der Waals surface area contributed by atoms with E-state index in [0.717, 1.165) is 22.5 Å². The molecule has 6 heteroatoms. The van der Waals surface area contributed by atoms with Gasteiger partial charge in [-0.15, -0.1) is 0 Å². The Kier molecular flexibility index (Phi) is 3.50. The third kappa shape index (κ3) is 2.43. The van der Waals surface area contributed by atoms with Crippen LogP contribution in [0.3, 0.4) is 0 Å². The number of benzene rings is 1. The molecule has 0 aliphatic heterocycles. The SMILES string of the molecule is COc1cc(Cl)ccc1-c1[nH]nc(N)c1-c1ccccn1. The van der Waals surface area contributed by atoms with Crippen molar-refractivity contribution in [3.8, 4) is 28.3 Å². The fourth-order valence-electron chi connectivity index (χ4n) is 2.19. The van der Waals surface area contributed by atoms with Crippen molar-refractivity contribution in [3.05, 3.63) is 47.6 Å². The fraction of sp³-hybridized carbons (Fsp3) is 0.0667. The van der Waals surface area contributed by atoms with Crippen LogP contribution in [0.1, 0.15) is 0 Å². The largest absolute Gasteiger partial charge is 0.496 e. The van der Waals surface area contributed by atoms with Crippen LogP contribution in [-0.4, -0.2) is 22.3 Å². The minimum atomic E-state index is 0.390. The van der Waals surface area contributed by atoms with Crippen LogP contribution < -0.4 is 10.5 Å². The number of nitrogens with two attached hydrogens (primary N) is 1. The molecule has 0 unspecified atom stereocenters. The molecule has 0 aliphatic carbocycles. The number of anilines is 1. The molecule has 0 bridgehead atoms. The number of aromatic nitrogens is 3. The highest BCUT2D eigenvalue weighted by Crippen LogP contribution is 2.38. The molecule has 0 saturated heterocycles. The molecule has 0 aliphatic rings. The first-order valence-electron chi connectivity index (χ1n) is 6.30. The van der Waals surface area contributed by atoms with Crippen molar-refractivity contribution in [2.24, 2.45) is 0 Å². The molecule has 2 aromatic heterocycles. The van der Waals surface area contributed by atoms with E-state index < -0.39 is 0 Å². The molecule has 0 radical (unpaired) electrons. The summed E-state index contributed by atoms with van der Waals surface area (Å²) in [6, 6.07) is 11.0. The van der Waals surface area contributed by atoms with Gasteiger partial charge in [0.05, 0.1) is 24.1 Å². The first kappa shape index (κ1) is 13.5. The Bertz CT molecular complexity index is 771. The number of nitrogen functional groups attached to an aromatic ring is 1. The quantitative estimate of drug-likeness (QED) is 0.777. The van der Waals surface area contributed by atoms with Gasteiger partial charge in [-0.25, -0.2) is 0 Å². The summed E-state index contributed by atoms with van der Waals surface area (Å²) in [7, 11) is 1.59. The maximum atomic E-state index is 6.00. The Morgan fingerprint density at radius 1 is 1.24 bits per heavy atom. The topological polar surface area (TPSA) is 76.8 Å². The van der Waals surface area contributed by atoms with Crippen LogP contribution in [0.25, 0.3) is 22.5 Å². The van der Waals surface area contributed by atoms with Crippen molar-refractivity contribution >= 4 is 17.4 Å². The Labute approximate surface area is 126 Å². The number of H-pyrrole nitrogens is 1. The normalized spacial score (nSPS) is 10.6. The third-order valence-electron chi connectivity index (χ3n) is 3.15. The number of rotatable bonds is 3. The molecular weight excluding hydrogens is 288 g/mol. The molecule has 0 amide bonds. The highest BCUT2D eigenvalue weighted by molar-refractivity contribution is 6.30. The van der Waals surface area contributed by atoms with Gasteiger partial charge in [-0.1, -0.05) is 17.7 Å². The average Bonchev–Trinajstić information content (AvgIpc) is 2.89. The number of aromatic amines is 1. The van der Waals surface area contributed by atoms with Gasteiger partial charge in [-0.05, 0) is 30.3 Å². The van der Waals surface area contributed by atoms with Gasteiger partial charge in [0.25, 0.3) is 0 Å². The first-order chi connectivity index (χ1) is 10.2. The Morgan fingerprint density at radius 3 is 2.81 bits per heavy atom. The highest BCUT2D eigenvalue weighted by atomic mass is 35.5. The maximum absolute atomic E-state index is 6.00. The van der Waals surface area contributed by atoms with Gasteiger partial charge in [-0.2, -0.15) is 5.10 Å². The number of halogens is 1. The van der Waals surface area contributed by atoms with Crippen LogP contribution in [-0.2, 0) is 0 Å². The zero-order chi connectivity index (χ0) is 14.8. The van der Waals surface area contributed by atoms with Crippen LogP contribution in [0, 0.1) is 0 Å². The summed E-state index contributed by atoms with van der Waals surface area (Å²) in [5.74, 6) is 1.03. The van der Waals surface area contributed by atoms with Crippen molar-refractivity contribution < 1.29 is 4.74 Å². The molecule has 1 aromatic carbocycles. The summed E-state index contributed by atoms with van der Waals surface area (Å²) in [5.41, 5.74) is 9.05. The number of pyridine rings is 1. The summed E-state index contributed by atoms with van der Waals surface area (Å²) < 4.78 is 5.39. The van der Waals surface area contributed by atoms with Gasteiger partial charge in [0, 0.05) is 16.8 Å². The summed E-state index contributed by atoms with van der Waals surface area (Å²) in [6.45, 7) is 0. The lowest BCUT2D eigenvalue weighted by Gasteiger charge is -2.09. The number of hydrogen-bond donors (Lipinski definition) is 2. The molecule has 3 rings (SSSR count). The average molecular weight is 301 g/mol. The first-order valence-corrected chi connectivity index (χ1v) is 6.67. The van der Waals surface area contributed by atoms with Gasteiger partial charge in [-0.3, -0.25) is 10.1 Å². The molecule has 0 spiro atoms. The number of ether oxygens (including phenoxy) is 1. The van der Waals surface area contributed by atoms with Gasteiger partial charge in [0.2, 0.25) is 0 Å². The number of nitrogens with zero attached hydrogens (tertiary/aromatic N) is 2. The minimum absolute atomic E-state index is 0.390. The van der Waals surface area contributed by atoms with Crippen molar-refractivity contribution in [2.45, 2.75) is 0 Å². The van der Waals surface area contributed by atoms with Crippen LogP contribution in [0.5, 0.6) is 5.75 Å². The molecule has 21 heavy (non-hydrogen) atoms. The van der Waals surface area contributed by atoms with Crippen LogP contribution >= 0.6 is 11.6 Å². The second-order valence-corrected chi connectivity index (χ2v) is 4.85. The molecule has 3 N–H and O–H groups in total. The monoisotopic (exact) mass is 300 g/mol. The fourth-order valence-corrected chi connectivity index (χ4v) is 2.35. The molecule has 106 valence electrons. The van der Waals surface area contributed by atoms with Gasteiger partial charge < -0.3 is 10.5 Å². The van der Waals surface area contributed by atoms with Crippen molar-refractivity contribution in [1.82, 2.24) is 15.2 Å². The number of nitrogens with one attached hydrogen (secondary N) is 1. The van der Waals surface area contributed by atoms with E-state index in [4.69, 9.17) is 22.1 Å². The van der Waals surface area contributed by atoms with E-state index >= 15 is 0 Å². The summed E-state index contributed by atoms with van der Waals surface area (Å²) >= 11 is 6.00. The highest BCUT2D eigenvalue weighted by Gasteiger charge is 2.18. The van der Waals surface area contributed by atoms with E-state index in [1.165, 1.54) is 0 Å².